The van der Waals surface area contributed by atoms with E-state index in [0.29, 0.717) is 6.54 Å². The Morgan fingerprint density at radius 3 is 2.15 bits per heavy atom. The van der Waals surface area contributed by atoms with E-state index in [4.69, 9.17) is 12.2 Å². The first kappa shape index (κ1) is 16.7. The Morgan fingerprint density at radius 2 is 1.70 bits per heavy atom. The van der Waals surface area contributed by atoms with E-state index in [1.165, 1.54) is 20.9 Å². The molecular formula is C13H23N4O2S+. The first-order valence-electron chi connectivity index (χ1n) is 6.86. The fourth-order valence-corrected chi connectivity index (χ4v) is 2.25. The molecule has 6 nitrogen and oxygen atoms in total. The van der Waals surface area contributed by atoms with E-state index in [0.717, 1.165) is 19.6 Å². The standard InChI is InChI=1S/C13H22N4O2S/c1-5-17(6-2)8-7-14-9-10-11(18)15(3)13(20)16(4)12(10)19/h9-10H,5-8H2,1-4H3/p+1. The van der Waals surface area contributed by atoms with Crippen LogP contribution in [0.4, 0.5) is 0 Å². The molecule has 0 unspecified atom stereocenters. The lowest BCUT2D eigenvalue weighted by Gasteiger charge is -2.33. The Kier molecular flexibility index (Phi) is 6.22. The Labute approximate surface area is 125 Å². The molecule has 1 N–H and O–H groups in total. The van der Waals surface area contributed by atoms with Crippen molar-refractivity contribution in [2.45, 2.75) is 13.8 Å². The van der Waals surface area contributed by atoms with Gasteiger partial charge in [-0.05, 0) is 26.1 Å². The third-order valence-corrected chi connectivity index (χ3v) is 4.16. The minimum Gasteiger partial charge on any atom is -0.334 e. The first-order valence-corrected chi connectivity index (χ1v) is 7.27. The Morgan fingerprint density at radius 1 is 1.20 bits per heavy atom. The Balaban J connectivity index is 2.64. The number of carbonyl (C=O) groups excluding carboxylic acids is 2. The molecule has 1 aliphatic heterocycles. The molecule has 0 spiro atoms. The topological polar surface area (TPSA) is 57.4 Å². The van der Waals surface area contributed by atoms with Crippen molar-refractivity contribution in [2.24, 2.45) is 10.9 Å². The molecule has 1 heterocycles. The average molecular weight is 299 g/mol. The van der Waals surface area contributed by atoms with E-state index in [1.54, 1.807) is 14.1 Å². The minimum absolute atomic E-state index is 0.234. The van der Waals surface area contributed by atoms with Crippen LogP contribution >= 0.6 is 12.2 Å². The zero-order valence-corrected chi connectivity index (χ0v) is 13.4. The highest BCUT2D eigenvalue weighted by Gasteiger charge is 2.39. The highest BCUT2D eigenvalue weighted by atomic mass is 32.1. The Bertz CT molecular complexity index is 397. The fourth-order valence-electron chi connectivity index (χ4n) is 2.07. The van der Waals surface area contributed by atoms with Crippen LogP contribution in [0.25, 0.3) is 0 Å². The molecule has 0 saturated carbocycles. The summed E-state index contributed by atoms with van der Waals surface area (Å²) in [6, 6.07) is 0. The van der Waals surface area contributed by atoms with Gasteiger partial charge < -0.3 is 4.90 Å². The molecule has 20 heavy (non-hydrogen) atoms. The molecule has 1 saturated heterocycles. The number of thiocarbonyl (C=S) groups is 1. The van der Waals surface area contributed by atoms with E-state index in [2.05, 4.69) is 18.8 Å². The number of hydrogen-bond donors (Lipinski definition) is 1. The molecule has 2 amide bonds. The molecule has 1 fully saturated rings. The molecule has 0 aromatic carbocycles. The fraction of sp³-hybridized carbons (Fsp3) is 0.692. The zero-order valence-electron chi connectivity index (χ0n) is 12.5. The van der Waals surface area contributed by atoms with Gasteiger partial charge >= 0.3 is 0 Å². The molecule has 0 aromatic rings. The number of nitrogens with one attached hydrogen (secondary N) is 1. The number of carbonyl (C=O) groups is 2. The number of likely N-dealkylation sites (N-methyl/N-ethyl adjacent to an activating group) is 1. The van der Waals surface area contributed by atoms with Crippen LogP contribution in [0.3, 0.4) is 0 Å². The van der Waals surface area contributed by atoms with E-state index < -0.39 is 5.92 Å². The second-order valence-electron chi connectivity index (χ2n) is 4.82. The van der Waals surface area contributed by atoms with Gasteiger partial charge in [-0.3, -0.25) is 24.4 Å². The van der Waals surface area contributed by atoms with Gasteiger partial charge in [0.2, 0.25) is 11.8 Å². The minimum atomic E-state index is -0.844. The Hall–Kier alpha value is -1.34. The number of quaternary nitrogens is 1. The summed E-state index contributed by atoms with van der Waals surface area (Å²) >= 11 is 5.02. The summed E-state index contributed by atoms with van der Waals surface area (Å²) in [6.07, 6.45) is 1.46. The maximum atomic E-state index is 12.0. The smallest absolute Gasteiger partial charge is 0.246 e. The molecule has 0 aliphatic carbocycles. The van der Waals surface area contributed by atoms with E-state index in [1.807, 2.05) is 0 Å². The van der Waals surface area contributed by atoms with Crippen molar-refractivity contribution in [2.75, 3.05) is 40.3 Å². The van der Waals surface area contributed by atoms with E-state index in [9.17, 15) is 9.59 Å². The zero-order chi connectivity index (χ0) is 15.3. The monoisotopic (exact) mass is 299 g/mol. The quantitative estimate of drug-likeness (QED) is 0.381. The van der Waals surface area contributed by atoms with E-state index in [-0.39, 0.29) is 16.9 Å². The number of nitrogens with zero attached hydrogens (tertiary/aromatic N) is 3. The lowest BCUT2D eigenvalue weighted by atomic mass is 10.1. The van der Waals surface area contributed by atoms with Gasteiger partial charge in [-0.1, -0.05) is 0 Å². The van der Waals surface area contributed by atoms with Gasteiger partial charge in [0, 0.05) is 20.3 Å². The molecule has 0 radical (unpaired) electrons. The van der Waals surface area contributed by atoms with Crippen molar-refractivity contribution >= 4 is 35.4 Å². The molecule has 112 valence electrons. The molecular weight excluding hydrogens is 276 g/mol. The summed E-state index contributed by atoms with van der Waals surface area (Å²) < 4.78 is 0. The molecule has 7 heteroatoms. The summed E-state index contributed by atoms with van der Waals surface area (Å²) in [6.45, 7) is 7.87. The van der Waals surface area contributed by atoms with Crippen LogP contribution in [0, 0.1) is 5.92 Å². The van der Waals surface area contributed by atoms with Gasteiger partial charge in [0.25, 0.3) is 0 Å². The first-order chi connectivity index (χ1) is 9.43. The SMILES string of the molecule is CC[NH+](CC)CCN=CC1C(=O)N(C)C(=S)N(C)C1=O. The summed E-state index contributed by atoms with van der Waals surface area (Å²) in [4.78, 5) is 32.4. The lowest BCUT2D eigenvalue weighted by Crippen LogP contribution is -3.11. The van der Waals surface area contributed by atoms with Crippen molar-refractivity contribution < 1.29 is 14.5 Å². The summed E-state index contributed by atoms with van der Waals surface area (Å²) in [7, 11) is 3.16. The van der Waals surface area contributed by atoms with Gasteiger partial charge in [-0.15, -0.1) is 0 Å². The molecule has 1 rings (SSSR count). The molecule has 0 aromatic heterocycles. The molecule has 1 aliphatic rings. The highest BCUT2D eigenvalue weighted by Crippen LogP contribution is 2.13. The van der Waals surface area contributed by atoms with Gasteiger partial charge in [-0.25, -0.2) is 0 Å². The lowest BCUT2D eigenvalue weighted by molar-refractivity contribution is -0.894. The van der Waals surface area contributed by atoms with Crippen LogP contribution in [0.5, 0.6) is 0 Å². The van der Waals surface area contributed by atoms with Crippen LogP contribution < -0.4 is 4.90 Å². The normalized spacial score (nSPS) is 17.9. The third kappa shape index (κ3) is 3.61. The summed E-state index contributed by atoms with van der Waals surface area (Å²) in [5.74, 6) is -1.46. The number of rotatable bonds is 6. The van der Waals surface area contributed by atoms with Gasteiger partial charge in [0.15, 0.2) is 11.0 Å². The second-order valence-corrected chi connectivity index (χ2v) is 5.18. The van der Waals surface area contributed by atoms with Crippen LogP contribution in [0.15, 0.2) is 4.99 Å². The number of aliphatic imine (C=N–C) groups is 1. The highest BCUT2D eigenvalue weighted by molar-refractivity contribution is 7.80. The number of hydrogen-bond acceptors (Lipinski definition) is 4. The molecule has 0 bridgehead atoms. The maximum absolute atomic E-state index is 12.0. The third-order valence-electron chi connectivity index (χ3n) is 3.62. The van der Waals surface area contributed by atoms with Crippen LogP contribution in [-0.2, 0) is 9.59 Å². The molecule has 0 atom stereocenters. The van der Waals surface area contributed by atoms with Crippen LogP contribution in [-0.4, -0.2) is 73.2 Å². The second kappa shape index (κ2) is 7.44. The average Bonchev–Trinajstić information content (AvgIpc) is 2.46. The van der Waals surface area contributed by atoms with Crippen LogP contribution in [0.2, 0.25) is 0 Å². The van der Waals surface area contributed by atoms with Gasteiger partial charge in [-0.2, -0.15) is 0 Å². The van der Waals surface area contributed by atoms with Gasteiger partial charge in [0.05, 0.1) is 26.2 Å². The van der Waals surface area contributed by atoms with Crippen molar-refractivity contribution in [3.05, 3.63) is 0 Å². The van der Waals surface area contributed by atoms with Gasteiger partial charge in [0.1, 0.15) is 0 Å². The van der Waals surface area contributed by atoms with Crippen molar-refractivity contribution in [3.63, 3.8) is 0 Å². The van der Waals surface area contributed by atoms with Crippen molar-refractivity contribution in [1.29, 1.82) is 0 Å². The van der Waals surface area contributed by atoms with Crippen molar-refractivity contribution in [1.82, 2.24) is 9.80 Å². The predicted molar refractivity (Wildman–Crippen MR) is 81.9 cm³/mol. The summed E-state index contributed by atoms with van der Waals surface area (Å²) in [5.41, 5.74) is 0. The number of amides is 2. The maximum Gasteiger partial charge on any atom is 0.246 e. The summed E-state index contributed by atoms with van der Waals surface area (Å²) in [5, 5.41) is 0.234. The van der Waals surface area contributed by atoms with Crippen molar-refractivity contribution in [3.8, 4) is 0 Å². The predicted octanol–water partition coefficient (Wildman–Crippen LogP) is -1.19. The largest absolute Gasteiger partial charge is 0.334 e. The van der Waals surface area contributed by atoms with Crippen LogP contribution in [0.1, 0.15) is 13.8 Å². The van der Waals surface area contributed by atoms with E-state index >= 15 is 0 Å².